The maximum atomic E-state index is 12.5. The summed E-state index contributed by atoms with van der Waals surface area (Å²) in [6.07, 6.45) is 6.66. The number of ether oxygens (including phenoxy) is 1. The highest BCUT2D eigenvalue weighted by Crippen LogP contribution is 2.35. The molecule has 0 saturated carbocycles. The van der Waals surface area contributed by atoms with Crippen LogP contribution in [0.25, 0.3) is 0 Å². The van der Waals surface area contributed by atoms with Gasteiger partial charge >= 0.3 is 6.09 Å². The van der Waals surface area contributed by atoms with Gasteiger partial charge in [0.15, 0.2) is 0 Å². The standard InChI is InChI=1S/C15H25N3O2/c1-5-11-6-7-13(12-8-16-17-9-12)18(10-11)14(19)20-15(2,3)4/h8-9,11,13H,5-7,10H2,1-4H3,(H,16,17)/t11-,13+/m1/s1. The highest BCUT2D eigenvalue weighted by atomic mass is 16.6. The zero-order valence-electron chi connectivity index (χ0n) is 12.8. The second-order valence-corrected chi connectivity index (χ2v) is 6.53. The fourth-order valence-corrected chi connectivity index (χ4v) is 2.69. The summed E-state index contributed by atoms with van der Waals surface area (Å²) in [5.41, 5.74) is 0.599. The van der Waals surface area contributed by atoms with Crippen LogP contribution in [0.2, 0.25) is 0 Å². The van der Waals surface area contributed by atoms with E-state index in [0.29, 0.717) is 5.92 Å². The zero-order chi connectivity index (χ0) is 14.8. The smallest absolute Gasteiger partial charge is 0.410 e. The molecule has 1 aromatic heterocycles. The fraction of sp³-hybridized carbons (Fsp3) is 0.733. The number of nitrogens with zero attached hydrogens (tertiary/aromatic N) is 2. The maximum absolute atomic E-state index is 12.5. The van der Waals surface area contributed by atoms with Crippen LogP contribution in [0.1, 0.15) is 58.6 Å². The van der Waals surface area contributed by atoms with Crippen LogP contribution in [0.4, 0.5) is 4.79 Å². The largest absolute Gasteiger partial charge is 0.444 e. The van der Waals surface area contributed by atoms with E-state index in [-0.39, 0.29) is 12.1 Å². The molecular formula is C15H25N3O2. The van der Waals surface area contributed by atoms with E-state index < -0.39 is 5.60 Å². The van der Waals surface area contributed by atoms with Crippen molar-refractivity contribution in [2.75, 3.05) is 6.54 Å². The zero-order valence-corrected chi connectivity index (χ0v) is 12.8. The molecule has 20 heavy (non-hydrogen) atoms. The van der Waals surface area contributed by atoms with E-state index in [1.54, 1.807) is 6.20 Å². The molecule has 2 heterocycles. The summed E-state index contributed by atoms with van der Waals surface area (Å²) >= 11 is 0. The van der Waals surface area contributed by atoms with Gasteiger partial charge in [-0.15, -0.1) is 0 Å². The van der Waals surface area contributed by atoms with Crippen LogP contribution >= 0.6 is 0 Å². The third-order valence-corrected chi connectivity index (χ3v) is 3.79. The molecule has 1 aromatic rings. The first-order valence-corrected chi connectivity index (χ1v) is 7.39. The van der Waals surface area contributed by atoms with Crippen LogP contribution in [0, 0.1) is 5.92 Å². The first kappa shape index (κ1) is 14.9. The molecule has 2 atom stereocenters. The van der Waals surface area contributed by atoms with Crippen molar-refractivity contribution in [1.29, 1.82) is 0 Å². The number of likely N-dealkylation sites (tertiary alicyclic amines) is 1. The minimum Gasteiger partial charge on any atom is -0.444 e. The Kier molecular flexibility index (Phi) is 4.35. The van der Waals surface area contributed by atoms with Gasteiger partial charge in [-0.25, -0.2) is 4.79 Å². The average Bonchev–Trinajstić information content (AvgIpc) is 2.89. The SMILES string of the molecule is CC[C@@H]1CC[C@@H](c2cn[nH]c2)N(C(=O)OC(C)(C)C)C1. The van der Waals surface area contributed by atoms with E-state index in [1.165, 1.54) is 0 Å². The van der Waals surface area contributed by atoms with Gasteiger partial charge in [0.25, 0.3) is 0 Å². The normalized spacial score (nSPS) is 23.7. The van der Waals surface area contributed by atoms with E-state index in [9.17, 15) is 4.79 Å². The van der Waals surface area contributed by atoms with Crippen molar-refractivity contribution >= 4 is 6.09 Å². The molecule has 1 aliphatic rings. The van der Waals surface area contributed by atoms with Gasteiger partial charge in [-0.1, -0.05) is 13.3 Å². The average molecular weight is 279 g/mol. The lowest BCUT2D eigenvalue weighted by Gasteiger charge is -2.39. The maximum Gasteiger partial charge on any atom is 0.410 e. The molecule has 0 aliphatic carbocycles. The minimum absolute atomic E-state index is 0.0754. The first-order valence-electron chi connectivity index (χ1n) is 7.39. The number of amides is 1. The molecule has 0 radical (unpaired) electrons. The lowest BCUT2D eigenvalue weighted by atomic mass is 9.89. The number of rotatable bonds is 2. The monoisotopic (exact) mass is 279 g/mol. The number of aromatic amines is 1. The van der Waals surface area contributed by atoms with Crippen molar-refractivity contribution < 1.29 is 9.53 Å². The van der Waals surface area contributed by atoms with Crippen molar-refractivity contribution in [2.24, 2.45) is 5.92 Å². The topological polar surface area (TPSA) is 58.2 Å². The molecule has 1 saturated heterocycles. The summed E-state index contributed by atoms with van der Waals surface area (Å²) in [7, 11) is 0. The van der Waals surface area contributed by atoms with Gasteiger partial charge in [-0.3, -0.25) is 5.10 Å². The second kappa shape index (κ2) is 5.85. The van der Waals surface area contributed by atoms with Gasteiger partial charge < -0.3 is 9.64 Å². The minimum atomic E-state index is -0.461. The lowest BCUT2D eigenvalue weighted by Crippen LogP contribution is -2.44. The van der Waals surface area contributed by atoms with Crippen molar-refractivity contribution in [3.63, 3.8) is 0 Å². The van der Waals surface area contributed by atoms with Gasteiger partial charge in [0, 0.05) is 18.3 Å². The molecule has 1 aliphatic heterocycles. The number of hydrogen-bond acceptors (Lipinski definition) is 3. The second-order valence-electron chi connectivity index (χ2n) is 6.53. The Labute approximate surface area is 120 Å². The molecule has 0 aromatic carbocycles. The Morgan fingerprint density at radius 1 is 1.50 bits per heavy atom. The Hall–Kier alpha value is -1.52. The van der Waals surface area contributed by atoms with Crippen molar-refractivity contribution in [3.05, 3.63) is 18.0 Å². The van der Waals surface area contributed by atoms with Crippen LogP contribution < -0.4 is 0 Å². The van der Waals surface area contributed by atoms with Crippen LogP contribution in [0.5, 0.6) is 0 Å². The predicted octanol–water partition coefficient (Wildman–Crippen LogP) is 3.51. The molecule has 1 amide bonds. The summed E-state index contributed by atoms with van der Waals surface area (Å²) in [5, 5.41) is 6.83. The molecule has 5 heteroatoms. The van der Waals surface area contributed by atoms with E-state index in [2.05, 4.69) is 17.1 Å². The summed E-state index contributed by atoms with van der Waals surface area (Å²) in [4.78, 5) is 14.3. The lowest BCUT2D eigenvalue weighted by molar-refractivity contribution is 0.00220. The van der Waals surface area contributed by atoms with Crippen LogP contribution in [-0.4, -0.2) is 33.3 Å². The van der Waals surface area contributed by atoms with Gasteiger partial charge in [0.2, 0.25) is 0 Å². The quantitative estimate of drug-likeness (QED) is 0.901. The van der Waals surface area contributed by atoms with E-state index in [4.69, 9.17) is 4.74 Å². The van der Waals surface area contributed by atoms with E-state index >= 15 is 0 Å². The van der Waals surface area contributed by atoms with Crippen LogP contribution in [0.15, 0.2) is 12.4 Å². The third kappa shape index (κ3) is 3.52. The fourth-order valence-electron chi connectivity index (χ4n) is 2.69. The van der Waals surface area contributed by atoms with Crippen molar-refractivity contribution in [1.82, 2.24) is 15.1 Å². The highest BCUT2D eigenvalue weighted by molar-refractivity contribution is 5.69. The van der Waals surface area contributed by atoms with Gasteiger partial charge in [0.1, 0.15) is 5.60 Å². The van der Waals surface area contributed by atoms with Crippen molar-refractivity contribution in [2.45, 2.75) is 58.6 Å². The predicted molar refractivity (Wildman–Crippen MR) is 77.3 cm³/mol. The summed E-state index contributed by atoms with van der Waals surface area (Å²) < 4.78 is 5.55. The Morgan fingerprint density at radius 2 is 2.25 bits per heavy atom. The summed E-state index contributed by atoms with van der Waals surface area (Å²) in [6.45, 7) is 8.65. The molecule has 0 bridgehead atoms. The molecule has 1 N–H and O–H groups in total. The molecule has 5 nitrogen and oxygen atoms in total. The highest BCUT2D eigenvalue weighted by Gasteiger charge is 2.34. The molecule has 112 valence electrons. The van der Waals surface area contributed by atoms with Crippen molar-refractivity contribution in [3.8, 4) is 0 Å². The first-order chi connectivity index (χ1) is 9.40. The number of nitrogens with one attached hydrogen (secondary N) is 1. The number of carbonyl (C=O) groups excluding carboxylic acids is 1. The number of aromatic nitrogens is 2. The molecule has 2 rings (SSSR count). The van der Waals surface area contributed by atoms with Gasteiger partial charge in [-0.2, -0.15) is 5.10 Å². The van der Waals surface area contributed by atoms with Crippen LogP contribution in [-0.2, 0) is 4.74 Å². The molecule has 0 spiro atoms. The van der Waals surface area contributed by atoms with Crippen LogP contribution in [0.3, 0.4) is 0 Å². The number of hydrogen-bond donors (Lipinski definition) is 1. The number of H-pyrrole nitrogens is 1. The summed E-state index contributed by atoms with van der Waals surface area (Å²) in [5.74, 6) is 0.561. The molecular weight excluding hydrogens is 254 g/mol. The summed E-state index contributed by atoms with van der Waals surface area (Å²) in [6, 6.07) is 0.0754. The molecule has 1 fully saturated rings. The third-order valence-electron chi connectivity index (χ3n) is 3.79. The van der Waals surface area contributed by atoms with E-state index in [1.807, 2.05) is 31.9 Å². The molecule has 0 unspecified atom stereocenters. The van der Waals surface area contributed by atoms with Gasteiger partial charge in [0.05, 0.1) is 12.2 Å². The number of piperidine rings is 1. The van der Waals surface area contributed by atoms with Gasteiger partial charge in [-0.05, 0) is 39.5 Å². The Balaban J connectivity index is 2.16. The Bertz CT molecular complexity index is 436. The number of carbonyl (C=O) groups is 1. The van der Waals surface area contributed by atoms with E-state index in [0.717, 1.165) is 31.4 Å². The Morgan fingerprint density at radius 3 is 2.80 bits per heavy atom.